The van der Waals surface area contributed by atoms with Gasteiger partial charge in [-0.05, 0) is 37.9 Å². The minimum Gasteiger partial charge on any atom is -0.350 e. The molecule has 3 nitrogen and oxygen atoms in total. The summed E-state index contributed by atoms with van der Waals surface area (Å²) in [5.41, 5.74) is 6.54. The zero-order valence-electron chi connectivity index (χ0n) is 11.9. The van der Waals surface area contributed by atoms with Crippen LogP contribution >= 0.6 is 28.3 Å². The van der Waals surface area contributed by atoms with Gasteiger partial charge in [-0.3, -0.25) is 4.79 Å². The Morgan fingerprint density at radius 1 is 1.25 bits per heavy atom. The van der Waals surface area contributed by atoms with Crippen LogP contribution in [0.1, 0.15) is 50.6 Å². The van der Waals surface area contributed by atoms with Gasteiger partial charge < -0.3 is 11.1 Å². The molecule has 1 rings (SSSR count). The van der Waals surface area contributed by atoms with Gasteiger partial charge in [0.2, 0.25) is 5.91 Å². The molecule has 0 aliphatic rings. The summed E-state index contributed by atoms with van der Waals surface area (Å²) < 4.78 is 1.03. The molecule has 1 aromatic carbocycles. The molecule has 114 valence electrons. The predicted octanol–water partition coefficient (Wildman–Crippen LogP) is 3.96. The standard InChI is InChI=1S/C15H23BrN2O.ClH/c1-12(13-8-5-6-9-14(13)16)18-15(19)10-4-2-3-7-11-17;/h5-6,8-9,12H,2-4,7,10-11,17H2,1H3,(H,18,19);1H. The van der Waals surface area contributed by atoms with E-state index in [0.29, 0.717) is 6.42 Å². The van der Waals surface area contributed by atoms with Crippen LogP contribution in [0, 0.1) is 0 Å². The van der Waals surface area contributed by atoms with Crippen molar-refractivity contribution in [3.8, 4) is 0 Å². The molecule has 0 aliphatic carbocycles. The summed E-state index contributed by atoms with van der Waals surface area (Å²) in [7, 11) is 0. The number of nitrogens with two attached hydrogens (primary N) is 1. The number of rotatable bonds is 8. The highest BCUT2D eigenvalue weighted by molar-refractivity contribution is 9.10. The summed E-state index contributed by atoms with van der Waals surface area (Å²) in [6, 6.07) is 8.00. The molecule has 0 bridgehead atoms. The monoisotopic (exact) mass is 362 g/mol. The highest BCUT2D eigenvalue weighted by atomic mass is 79.9. The number of unbranched alkanes of at least 4 members (excludes halogenated alkanes) is 3. The first-order valence-corrected chi connectivity index (χ1v) is 7.68. The van der Waals surface area contributed by atoms with Crippen molar-refractivity contribution >= 4 is 34.2 Å². The number of halogens is 2. The van der Waals surface area contributed by atoms with Gasteiger partial charge >= 0.3 is 0 Å². The molecular weight excluding hydrogens is 340 g/mol. The quantitative estimate of drug-likeness (QED) is 0.687. The van der Waals surface area contributed by atoms with Gasteiger partial charge in [-0.25, -0.2) is 0 Å². The maximum Gasteiger partial charge on any atom is 0.220 e. The predicted molar refractivity (Wildman–Crippen MR) is 90.1 cm³/mol. The first-order valence-electron chi connectivity index (χ1n) is 6.89. The highest BCUT2D eigenvalue weighted by Gasteiger charge is 2.11. The van der Waals surface area contributed by atoms with E-state index in [4.69, 9.17) is 5.73 Å². The largest absolute Gasteiger partial charge is 0.350 e. The molecule has 1 aromatic rings. The van der Waals surface area contributed by atoms with E-state index in [0.717, 1.165) is 42.3 Å². The van der Waals surface area contributed by atoms with E-state index in [1.807, 2.05) is 31.2 Å². The van der Waals surface area contributed by atoms with E-state index in [1.54, 1.807) is 0 Å². The molecule has 1 amide bonds. The van der Waals surface area contributed by atoms with Gasteiger partial charge in [-0.1, -0.05) is 47.0 Å². The Morgan fingerprint density at radius 3 is 2.55 bits per heavy atom. The van der Waals surface area contributed by atoms with E-state index >= 15 is 0 Å². The third kappa shape index (κ3) is 7.27. The lowest BCUT2D eigenvalue weighted by Gasteiger charge is -2.15. The molecule has 0 saturated heterocycles. The van der Waals surface area contributed by atoms with E-state index in [-0.39, 0.29) is 24.4 Å². The third-order valence-electron chi connectivity index (χ3n) is 3.11. The average molecular weight is 364 g/mol. The van der Waals surface area contributed by atoms with Crippen molar-refractivity contribution < 1.29 is 4.79 Å². The topological polar surface area (TPSA) is 55.1 Å². The Balaban J connectivity index is 0.00000361. The normalized spacial score (nSPS) is 11.6. The van der Waals surface area contributed by atoms with Crippen molar-refractivity contribution in [1.29, 1.82) is 0 Å². The van der Waals surface area contributed by atoms with Crippen LogP contribution in [0.3, 0.4) is 0 Å². The van der Waals surface area contributed by atoms with Crippen molar-refractivity contribution in [1.82, 2.24) is 5.32 Å². The van der Waals surface area contributed by atoms with Crippen LogP contribution in [0.5, 0.6) is 0 Å². The minimum absolute atomic E-state index is 0. The lowest BCUT2D eigenvalue weighted by atomic mass is 10.1. The smallest absolute Gasteiger partial charge is 0.220 e. The fraction of sp³-hybridized carbons (Fsp3) is 0.533. The summed E-state index contributed by atoms with van der Waals surface area (Å²) in [4.78, 5) is 11.8. The minimum atomic E-state index is 0. The highest BCUT2D eigenvalue weighted by Crippen LogP contribution is 2.22. The first kappa shape index (κ1) is 19.4. The zero-order chi connectivity index (χ0) is 14.1. The number of benzene rings is 1. The number of carbonyl (C=O) groups is 1. The summed E-state index contributed by atoms with van der Waals surface area (Å²) in [6.07, 6.45) is 4.78. The Hall–Kier alpha value is -0.580. The van der Waals surface area contributed by atoms with Crippen molar-refractivity contribution in [2.24, 2.45) is 5.73 Å². The van der Waals surface area contributed by atoms with Crippen LogP contribution in [-0.2, 0) is 4.79 Å². The fourth-order valence-electron chi connectivity index (χ4n) is 2.00. The second-order valence-electron chi connectivity index (χ2n) is 4.76. The van der Waals surface area contributed by atoms with Gasteiger partial charge in [0.15, 0.2) is 0 Å². The van der Waals surface area contributed by atoms with E-state index < -0.39 is 0 Å². The average Bonchev–Trinajstić information content (AvgIpc) is 2.39. The van der Waals surface area contributed by atoms with Crippen molar-refractivity contribution in [3.05, 3.63) is 34.3 Å². The molecule has 0 heterocycles. The van der Waals surface area contributed by atoms with Crippen LogP contribution in [0.25, 0.3) is 0 Å². The first-order chi connectivity index (χ1) is 9.15. The molecule has 0 fully saturated rings. The molecule has 0 spiro atoms. The maximum atomic E-state index is 11.8. The molecule has 0 radical (unpaired) electrons. The maximum absolute atomic E-state index is 11.8. The number of amides is 1. The molecule has 0 aromatic heterocycles. The summed E-state index contributed by atoms with van der Waals surface area (Å²) in [6.45, 7) is 2.75. The van der Waals surface area contributed by atoms with Gasteiger partial charge in [0.1, 0.15) is 0 Å². The van der Waals surface area contributed by atoms with E-state index in [1.165, 1.54) is 0 Å². The van der Waals surface area contributed by atoms with Crippen molar-refractivity contribution in [2.75, 3.05) is 6.54 Å². The van der Waals surface area contributed by atoms with Crippen LogP contribution in [-0.4, -0.2) is 12.5 Å². The van der Waals surface area contributed by atoms with Gasteiger partial charge in [-0.2, -0.15) is 0 Å². The van der Waals surface area contributed by atoms with Crippen LogP contribution in [0.4, 0.5) is 0 Å². The number of hydrogen-bond acceptors (Lipinski definition) is 2. The summed E-state index contributed by atoms with van der Waals surface area (Å²) >= 11 is 3.50. The number of nitrogens with one attached hydrogen (secondary N) is 1. The van der Waals surface area contributed by atoms with Gasteiger partial charge in [0, 0.05) is 10.9 Å². The third-order valence-corrected chi connectivity index (χ3v) is 3.83. The Kier molecular flexibility index (Phi) is 10.8. The van der Waals surface area contributed by atoms with E-state index in [2.05, 4.69) is 21.2 Å². The summed E-state index contributed by atoms with van der Waals surface area (Å²) in [5.74, 6) is 0.121. The van der Waals surface area contributed by atoms with Gasteiger partial charge in [-0.15, -0.1) is 12.4 Å². The molecule has 3 N–H and O–H groups in total. The molecule has 0 aliphatic heterocycles. The molecular formula is C15H24BrClN2O. The van der Waals surface area contributed by atoms with Crippen molar-refractivity contribution in [3.63, 3.8) is 0 Å². The molecule has 1 unspecified atom stereocenters. The Labute approximate surface area is 136 Å². The molecule has 1 atom stereocenters. The lowest BCUT2D eigenvalue weighted by Crippen LogP contribution is -2.26. The Bertz CT molecular complexity index is 401. The second-order valence-corrected chi connectivity index (χ2v) is 5.62. The molecule has 20 heavy (non-hydrogen) atoms. The van der Waals surface area contributed by atoms with Crippen molar-refractivity contribution in [2.45, 2.75) is 45.1 Å². The SMILES string of the molecule is CC(NC(=O)CCCCCCN)c1ccccc1Br.Cl. The van der Waals surface area contributed by atoms with Crippen LogP contribution in [0.15, 0.2) is 28.7 Å². The second kappa shape index (κ2) is 11.1. The molecule has 5 heteroatoms. The summed E-state index contributed by atoms with van der Waals surface area (Å²) in [5, 5.41) is 3.03. The molecule has 0 saturated carbocycles. The van der Waals surface area contributed by atoms with Crippen LogP contribution < -0.4 is 11.1 Å². The van der Waals surface area contributed by atoms with Crippen LogP contribution in [0.2, 0.25) is 0 Å². The van der Waals surface area contributed by atoms with Gasteiger partial charge in [0.25, 0.3) is 0 Å². The van der Waals surface area contributed by atoms with Gasteiger partial charge in [0.05, 0.1) is 6.04 Å². The number of hydrogen-bond donors (Lipinski definition) is 2. The Morgan fingerprint density at radius 2 is 1.90 bits per heavy atom. The van der Waals surface area contributed by atoms with E-state index in [9.17, 15) is 4.79 Å². The lowest BCUT2D eigenvalue weighted by molar-refractivity contribution is -0.121. The zero-order valence-corrected chi connectivity index (χ0v) is 14.3. The number of carbonyl (C=O) groups excluding carboxylic acids is 1. The fourth-order valence-corrected chi connectivity index (χ4v) is 2.63.